The van der Waals surface area contributed by atoms with Crippen LogP contribution in [0.25, 0.3) is 10.6 Å². The molecule has 0 spiro atoms. The first-order chi connectivity index (χ1) is 9.25. The third-order valence-corrected chi connectivity index (χ3v) is 3.46. The van der Waals surface area contributed by atoms with Crippen molar-refractivity contribution in [3.8, 4) is 10.6 Å². The van der Waals surface area contributed by atoms with Crippen LogP contribution in [-0.4, -0.2) is 20.7 Å². The fraction of sp³-hybridized carbons (Fsp3) is 0.0833. The van der Waals surface area contributed by atoms with Gasteiger partial charge in [-0.1, -0.05) is 6.07 Å². The van der Waals surface area contributed by atoms with E-state index in [1.807, 2.05) is 17.5 Å². The Morgan fingerprint density at radius 1 is 1.47 bits per heavy atom. The minimum Gasteiger partial charge on any atom is -0.442 e. The summed E-state index contributed by atoms with van der Waals surface area (Å²) < 4.78 is 6.87. The third-order valence-electron chi connectivity index (χ3n) is 2.59. The summed E-state index contributed by atoms with van der Waals surface area (Å²) >= 11 is 1.49. The van der Waals surface area contributed by atoms with E-state index in [-0.39, 0.29) is 11.6 Å². The number of aryl methyl sites for hydroxylation is 1. The van der Waals surface area contributed by atoms with Gasteiger partial charge in [0.05, 0.1) is 11.1 Å². The minimum absolute atomic E-state index is 0.267. The number of rotatable bonds is 3. The molecule has 3 aromatic rings. The van der Waals surface area contributed by atoms with Gasteiger partial charge in [0.1, 0.15) is 5.82 Å². The first-order valence-electron chi connectivity index (χ1n) is 5.52. The van der Waals surface area contributed by atoms with Crippen LogP contribution < -0.4 is 5.32 Å². The predicted molar refractivity (Wildman–Crippen MR) is 71.0 cm³/mol. The van der Waals surface area contributed by atoms with E-state index in [0.29, 0.717) is 11.6 Å². The van der Waals surface area contributed by atoms with Crippen LogP contribution in [0.3, 0.4) is 0 Å². The van der Waals surface area contributed by atoms with Crippen LogP contribution in [0.2, 0.25) is 0 Å². The topological polar surface area (TPSA) is 73.0 Å². The zero-order chi connectivity index (χ0) is 13.2. The van der Waals surface area contributed by atoms with Gasteiger partial charge < -0.3 is 9.73 Å². The number of nitrogens with one attached hydrogen (secondary N) is 1. The molecular formula is C12H10N4O2S. The minimum atomic E-state index is -0.319. The molecule has 6 nitrogen and oxygen atoms in total. The molecule has 1 amide bonds. The van der Waals surface area contributed by atoms with E-state index in [9.17, 15) is 4.79 Å². The SMILES string of the molecule is Cn1nccc1NC(=O)c1ncoc1-c1cccs1. The lowest BCUT2D eigenvalue weighted by atomic mass is 10.3. The highest BCUT2D eigenvalue weighted by molar-refractivity contribution is 7.13. The predicted octanol–water partition coefficient (Wildman–Crippen LogP) is 2.39. The summed E-state index contributed by atoms with van der Waals surface area (Å²) in [5, 5.41) is 8.64. The van der Waals surface area contributed by atoms with E-state index in [1.54, 1.807) is 24.0 Å². The molecule has 0 atom stereocenters. The van der Waals surface area contributed by atoms with Crippen molar-refractivity contribution in [3.63, 3.8) is 0 Å². The number of anilines is 1. The Hall–Kier alpha value is -2.41. The molecule has 0 bridgehead atoms. The maximum Gasteiger partial charge on any atom is 0.279 e. The van der Waals surface area contributed by atoms with Crippen molar-refractivity contribution in [2.75, 3.05) is 5.32 Å². The summed E-state index contributed by atoms with van der Waals surface area (Å²) in [6, 6.07) is 5.49. The average Bonchev–Trinajstić information content (AvgIpc) is 3.09. The van der Waals surface area contributed by atoms with E-state index < -0.39 is 0 Å². The van der Waals surface area contributed by atoms with Gasteiger partial charge in [-0.05, 0) is 11.4 Å². The van der Waals surface area contributed by atoms with Crippen LogP contribution in [0.5, 0.6) is 0 Å². The molecule has 0 aliphatic carbocycles. The summed E-state index contributed by atoms with van der Waals surface area (Å²) in [7, 11) is 1.75. The second-order valence-corrected chi connectivity index (χ2v) is 4.75. The first kappa shape index (κ1) is 11.7. The maximum absolute atomic E-state index is 12.2. The van der Waals surface area contributed by atoms with E-state index in [0.717, 1.165) is 4.88 Å². The van der Waals surface area contributed by atoms with Crippen LogP contribution in [0.1, 0.15) is 10.5 Å². The van der Waals surface area contributed by atoms with Crippen molar-refractivity contribution in [2.45, 2.75) is 0 Å². The second kappa shape index (κ2) is 4.69. The molecule has 0 aliphatic rings. The van der Waals surface area contributed by atoms with Gasteiger partial charge in [-0.25, -0.2) is 4.98 Å². The van der Waals surface area contributed by atoms with Crippen LogP contribution in [0, 0.1) is 0 Å². The number of oxazole rings is 1. The molecule has 0 aliphatic heterocycles. The van der Waals surface area contributed by atoms with Gasteiger partial charge in [-0.15, -0.1) is 11.3 Å². The second-order valence-electron chi connectivity index (χ2n) is 3.80. The Labute approximate surface area is 112 Å². The molecule has 1 N–H and O–H groups in total. The van der Waals surface area contributed by atoms with Crippen LogP contribution in [0.4, 0.5) is 5.82 Å². The van der Waals surface area contributed by atoms with Crippen LogP contribution >= 0.6 is 11.3 Å². The van der Waals surface area contributed by atoms with Crippen molar-refractivity contribution in [3.05, 3.63) is 41.9 Å². The zero-order valence-electron chi connectivity index (χ0n) is 10.0. The average molecular weight is 274 g/mol. The van der Waals surface area contributed by atoms with Crippen molar-refractivity contribution < 1.29 is 9.21 Å². The highest BCUT2D eigenvalue weighted by Gasteiger charge is 2.19. The van der Waals surface area contributed by atoms with Crippen molar-refractivity contribution >= 4 is 23.1 Å². The molecule has 19 heavy (non-hydrogen) atoms. The fourth-order valence-corrected chi connectivity index (χ4v) is 2.38. The molecule has 0 aromatic carbocycles. The summed E-state index contributed by atoms with van der Waals surface area (Å²) in [5.41, 5.74) is 0.267. The molecule has 96 valence electrons. The Bertz CT molecular complexity index is 699. The summed E-state index contributed by atoms with van der Waals surface area (Å²) in [6.45, 7) is 0. The third kappa shape index (κ3) is 2.15. The molecule has 0 unspecified atom stereocenters. The maximum atomic E-state index is 12.2. The smallest absolute Gasteiger partial charge is 0.279 e. The molecule has 0 saturated carbocycles. The number of carbonyl (C=O) groups is 1. The number of carbonyl (C=O) groups excluding carboxylic acids is 1. The van der Waals surface area contributed by atoms with Crippen molar-refractivity contribution in [2.24, 2.45) is 7.05 Å². The lowest BCUT2D eigenvalue weighted by Crippen LogP contribution is -2.15. The lowest BCUT2D eigenvalue weighted by molar-refractivity contribution is 0.102. The summed E-state index contributed by atoms with van der Waals surface area (Å²) in [4.78, 5) is 17.0. The Kier molecular flexibility index (Phi) is 2.88. The van der Waals surface area contributed by atoms with Crippen LogP contribution in [-0.2, 0) is 7.05 Å². The number of thiophene rings is 1. The Morgan fingerprint density at radius 3 is 3.05 bits per heavy atom. The van der Waals surface area contributed by atoms with Gasteiger partial charge in [-0.2, -0.15) is 5.10 Å². The van der Waals surface area contributed by atoms with Gasteiger partial charge in [0.25, 0.3) is 5.91 Å². The number of aromatic nitrogens is 3. The molecule has 3 heterocycles. The first-order valence-corrected chi connectivity index (χ1v) is 6.40. The highest BCUT2D eigenvalue weighted by atomic mass is 32.1. The number of hydrogen-bond donors (Lipinski definition) is 1. The summed E-state index contributed by atoms with van der Waals surface area (Å²) in [5.74, 6) is 0.764. The monoisotopic (exact) mass is 274 g/mol. The lowest BCUT2D eigenvalue weighted by Gasteiger charge is -2.03. The van der Waals surface area contributed by atoms with E-state index in [2.05, 4.69) is 15.4 Å². The Balaban J connectivity index is 1.89. The van der Waals surface area contributed by atoms with Gasteiger partial charge in [0, 0.05) is 13.1 Å². The molecule has 0 radical (unpaired) electrons. The fourth-order valence-electron chi connectivity index (χ4n) is 1.66. The number of amides is 1. The highest BCUT2D eigenvalue weighted by Crippen LogP contribution is 2.27. The largest absolute Gasteiger partial charge is 0.442 e. The Morgan fingerprint density at radius 2 is 2.37 bits per heavy atom. The van der Waals surface area contributed by atoms with Gasteiger partial charge in [-0.3, -0.25) is 9.48 Å². The summed E-state index contributed by atoms with van der Waals surface area (Å²) in [6.07, 6.45) is 2.88. The molecular weight excluding hydrogens is 264 g/mol. The molecule has 3 aromatic heterocycles. The van der Waals surface area contributed by atoms with E-state index in [4.69, 9.17) is 4.42 Å². The van der Waals surface area contributed by atoms with Gasteiger partial charge in [0.2, 0.25) is 0 Å². The normalized spacial score (nSPS) is 10.6. The van der Waals surface area contributed by atoms with Crippen LogP contribution in [0.15, 0.2) is 40.6 Å². The number of hydrogen-bond acceptors (Lipinski definition) is 5. The quantitative estimate of drug-likeness (QED) is 0.796. The standard InChI is InChI=1S/C12H10N4O2S/c1-16-9(4-5-14-16)15-12(17)10-11(18-7-13-10)8-3-2-6-19-8/h2-7H,1H3,(H,15,17). The molecule has 0 fully saturated rings. The molecule has 0 saturated heterocycles. The van der Waals surface area contributed by atoms with Gasteiger partial charge >= 0.3 is 0 Å². The van der Waals surface area contributed by atoms with Crippen molar-refractivity contribution in [1.29, 1.82) is 0 Å². The van der Waals surface area contributed by atoms with E-state index >= 15 is 0 Å². The van der Waals surface area contributed by atoms with Gasteiger partial charge in [0.15, 0.2) is 17.8 Å². The molecule has 7 heteroatoms. The molecule has 3 rings (SSSR count). The van der Waals surface area contributed by atoms with E-state index in [1.165, 1.54) is 17.7 Å². The number of nitrogens with zero attached hydrogens (tertiary/aromatic N) is 3. The van der Waals surface area contributed by atoms with Crippen molar-refractivity contribution in [1.82, 2.24) is 14.8 Å². The zero-order valence-corrected chi connectivity index (χ0v) is 10.8.